The lowest BCUT2D eigenvalue weighted by Crippen LogP contribution is -2.28. The van der Waals surface area contributed by atoms with Gasteiger partial charge in [0.15, 0.2) is 0 Å². The molecule has 2 N–H and O–H groups in total. The van der Waals surface area contributed by atoms with Crippen LogP contribution in [-0.2, 0) is 0 Å². The van der Waals surface area contributed by atoms with Gasteiger partial charge >= 0.3 is 0 Å². The summed E-state index contributed by atoms with van der Waals surface area (Å²) in [5.41, 5.74) is 0. The Morgan fingerprint density at radius 1 is 0.765 bits per heavy atom. The Balaban J connectivity index is 3.28. The minimum absolute atomic E-state index is 0.950. The molecule has 0 fully saturated rings. The number of hydrogen-bond donors (Lipinski definition) is 2. The van der Waals surface area contributed by atoms with E-state index in [1.54, 1.807) is 0 Å². The van der Waals surface area contributed by atoms with Gasteiger partial charge in [0.1, 0.15) is 0 Å². The van der Waals surface area contributed by atoms with Gasteiger partial charge in [0, 0.05) is 13.1 Å². The minimum atomic E-state index is 0.950. The van der Waals surface area contributed by atoms with Crippen molar-refractivity contribution in [2.75, 3.05) is 13.1 Å². The molecule has 0 amide bonds. The summed E-state index contributed by atoms with van der Waals surface area (Å²) < 4.78 is 0. The van der Waals surface area contributed by atoms with Gasteiger partial charge in [-0.2, -0.15) is 0 Å². The zero-order chi connectivity index (χ0) is 12.9. The molecule has 17 heavy (non-hydrogen) atoms. The molecule has 0 unspecified atom stereocenters. The molecule has 0 aromatic rings. The van der Waals surface area contributed by atoms with Gasteiger partial charge in [-0.25, -0.2) is 0 Å². The van der Waals surface area contributed by atoms with Crippen LogP contribution in [0.5, 0.6) is 0 Å². The molecule has 100 valence electrons. The summed E-state index contributed by atoms with van der Waals surface area (Å²) in [6, 6.07) is 0. The summed E-state index contributed by atoms with van der Waals surface area (Å²) in [5.74, 6) is 0. The van der Waals surface area contributed by atoms with Crippen LogP contribution in [0.3, 0.4) is 0 Å². The second-order valence-corrected chi connectivity index (χ2v) is 5.25. The Hall–Kier alpha value is -0.220. The highest BCUT2D eigenvalue weighted by atomic mass is 32.1. The lowest BCUT2D eigenvalue weighted by Gasteiger charge is -2.09. The molecule has 0 saturated heterocycles. The molecule has 0 aromatic heterocycles. The fraction of sp³-hybridized carbons (Fsp3) is 0.846. The summed E-state index contributed by atoms with van der Waals surface area (Å²) in [5, 5.41) is 6.57. The maximum atomic E-state index is 5.22. The molecule has 0 spiro atoms. The third kappa shape index (κ3) is 12.0. The normalized spacial score (nSPS) is 10.0. The predicted molar refractivity (Wildman–Crippen MR) is 84.9 cm³/mol. The molecule has 0 aliphatic rings. The van der Waals surface area contributed by atoms with Crippen molar-refractivity contribution in [1.29, 1.82) is 0 Å². The van der Waals surface area contributed by atoms with E-state index in [0.717, 1.165) is 42.3 Å². The Kier molecular flexibility index (Phi) is 12.1. The van der Waals surface area contributed by atoms with Gasteiger partial charge in [-0.15, -0.1) is 0 Å². The van der Waals surface area contributed by atoms with Crippen molar-refractivity contribution in [2.24, 2.45) is 0 Å². The first-order valence-corrected chi connectivity index (χ1v) is 7.55. The van der Waals surface area contributed by atoms with E-state index in [1.807, 2.05) is 0 Å². The van der Waals surface area contributed by atoms with Gasteiger partial charge in [0.2, 0.25) is 0 Å². The number of nitrogens with one attached hydrogen (secondary N) is 2. The van der Waals surface area contributed by atoms with Crippen molar-refractivity contribution in [3.8, 4) is 0 Å². The van der Waals surface area contributed by atoms with E-state index < -0.39 is 0 Å². The quantitative estimate of drug-likeness (QED) is 0.469. The number of unbranched alkanes of at least 4 members (excludes halogenated alkanes) is 2. The zero-order valence-corrected chi connectivity index (χ0v) is 12.8. The average molecular weight is 274 g/mol. The SMILES string of the molecule is CCCCC(=S)NCCCNC(=S)CCCC. The molecule has 4 heteroatoms. The smallest absolute Gasteiger partial charge is 0.0753 e. The molecule has 0 bridgehead atoms. The molecule has 0 radical (unpaired) electrons. The average Bonchev–Trinajstić information content (AvgIpc) is 2.33. The van der Waals surface area contributed by atoms with Crippen LogP contribution < -0.4 is 10.6 Å². The molecule has 0 aromatic carbocycles. The zero-order valence-electron chi connectivity index (χ0n) is 11.2. The van der Waals surface area contributed by atoms with Crippen molar-refractivity contribution >= 4 is 34.4 Å². The number of hydrogen-bond acceptors (Lipinski definition) is 2. The third-order valence-electron chi connectivity index (χ3n) is 2.51. The maximum Gasteiger partial charge on any atom is 0.0753 e. The van der Waals surface area contributed by atoms with E-state index >= 15 is 0 Å². The lowest BCUT2D eigenvalue weighted by molar-refractivity contribution is 0.723. The minimum Gasteiger partial charge on any atom is -0.380 e. The van der Waals surface area contributed by atoms with E-state index in [0.29, 0.717) is 0 Å². The van der Waals surface area contributed by atoms with Crippen LogP contribution in [-0.4, -0.2) is 23.1 Å². The Bertz CT molecular complexity index is 195. The van der Waals surface area contributed by atoms with Crippen LogP contribution in [0.15, 0.2) is 0 Å². The summed E-state index contributed by atoms with van der Waals surface area (Å²) in [6.07, 6.45) is 7.89. The Labute approximate surface area is 117 Å². The van der Waals surface area contributed by atoms with Crippen molar-refractivity contribution in [1.82, 2.24) is 10.6 Å². The van der Waals surface area contributed by atoms with Crippen molar-refractivity contribution in [3.05, 3.63) is 0 Å². The molecular formula is C13H26N2S2. The lowest BCUT2D eigenvalue weighted by atomic mass is 10.2. The Morgan fingerprint density at radius 3 is 1.53 bits per heavy atom. The molecule has 2 nitrogen and oxygen atoms in total. The molecule has 0 aliphatic carbocycles. The van der Waals surface area contributed by atoms with Crippen LogP contribution in [0, 0.1) is 0 Å². The van der Waals surface area contributed by atoms with E-state index in [-0.39, 0.29) is 0 Å². The van der Waals surface area contributed by atoms with E-state index in [4.69, 9.17) is 24.4 Å². The summed E-state index contributed by atoms with van der Waals surface area (Å²) >= 11 is 10.4. The third-order valence-corrected chi connectivity index (χ3v) is 3.21. The van der Waals surface area contributed by atoms with E-state index in [2.05, 4.69) is 24.5 Å². The fourth-order valence-electron chi connectivity index (χ4n) is 1.40. The first-order chi connectivity index (χ1) is 8.20. The summed E-state index contributed by atoms with van der Waals surface area (Å²) in [7, 11) is 0. The van der Waals surface area contributed by atoms with Gasteiger partial charge in [0.25, 0.3) is 0 Å². The monoisotopic (exact) mass is 274 g/mol. The van der Waals surface area contributed by atoms with Crippen LogP contribution in [0.2, 0.25) is 0 Å². The molecule has 0 aliphatic heterocycles. The summed E-state index contributed by atoms with van der Waals surface area (Å²) in [6.45, 7) is 6.27. The van der Waals surface area contributed by atoms with Gasteiger partial charge in [0.05, 0.1) is 9.98 Å². The van der Waals surface area contributed by atoms with Crippen LogP contribution in [0.4, 0.5) is 0 Å². The highest BCUT2D eigenvalue weighted by molar-refractivity contribution is 7.80. The Morgan fingerprint density at radius 2 is 1.18 bits per heavy atom. The highest BCUT2D eigenvalue weighted by Gasteiger charge is 1.96. The van der Waals surface area contributed by atoms with Crippen molar-refractivity contribution in [3.63, 3.8) is 0 Å². The standard InChI is InChI=1S/C13H26N2S2/c1-3-5-8-12(16)14-10-7-11-15-13(17)9-6-4-2/h3-11H2,1-2H3,(H,14,16)(H,15,17). The first-order valence-electron chi connectivity index (χ1n) is 6.74. The maximum absolute atomic E-state index is 5.22. The van der Waals surface area contributed by atoms with Crippen LogP contribution >= 0.6 is 24.4 Å². The van der Waals surface area contributed by atoms with Gasteiger partial charge < -0.3 is 10.6 Å². The van der Waals surface area contributed by atoms with Crippen LogP contribution in [0.25, 0.3) is 0 Å². The molecule has 0 heterocycles. The van der Waals surface area contributed by atoms with Crippen LogP contribution in [0.1, 0.15) is 58.8 Å². The second-order valence-electron chi connectivity index (χ2n) is 4.26. The molecular weight excluding hydrogens is 248 g/mol. The topological polar surface area (TPSA) is 24.1 Å². The second kappa shape index (κ2) is 12.2. The molecule has 0 atom stereocenters. The molecule has 0 rings (SSSR count). The van der Waals surface area contributed by atoms with Crippen molar-refractivity contribution < 1.29 is 0 Å². The highest BCUT2D eigenvalue weighted by Crippen LogP contribution is 1.96. The van der Waals surface area contributed by atoms with Crippen molar-refractivity contribution in [2.45, 2.75) is 58.8 Å². The largest absolute Gasteiger partial charge is 0.380 e. The van der Waals surface area contributed by atoms with E-state index in [1.165, 1.54) is 25.7 Å². The number of rotatable bonds is 10. The fourth-order valence-corrected chi connectivity index (χ4v) is 1.89. The number of thiocarbonyl (C=S) groups is 2. The summed E-state index contributed by atoms with van der Waals surface area (Å²) in [4.78, 5) is 2.00. The molecule has 0 saturated carbocycles. The van der Waals surface area contributed by atoms with Gasteiger partial charge in [-0.3, -0.25) is 0 Å². The van der Waals surface area contributed by atoms with E-state index in [9.17, 15) is 0 Å². The van der Waals surface area contributed by atoms with Gasteiger partial charge in [-0.05, 0) is 32.1 Å². The predicted octanol–water partition coefficient (Wildman–Crippen LogP) is 3.59. The first kappa shape index (κ1) is 16.8. The van der Waals surface area contributed by atoms with Gasteiger partial charge in [-0.1, -0.05) is 51.1 Å².